The predicted molar refractivity (Wildman–Crippen MR) is 134 cm³/mol. The predicted octanol–water partition coefficient (Wildman–Crippen LogP) is 2.53. The number of carbonyl (C=O) groups excluding carboxylic acids is 2. The average Bonchev–Trinajstić information content (AvgIpc) is 2.84. The summed E-state index contributed by atoms with van der Waals surface area (Å²) in [5, 5.41) is 17.8. The van der Waals surface area contributed by atoms with Gasteiger partial charge in [0.1, 0.15) is 18.0 Å². The lowest BCUT2D eigenvalue weighted by Crippen LogP contribution is -2.77. The van der Waals surface area contributed by atoms with Gasteiger partial charge in [0.15, 0.2) is 6.35 Å². The molecular weight excluding hydrogens is 461 g/mol. The number of fused-ring (bicyclic) bond motifs is 1. The van der Waals surface area contributed by atoms with Crippen molar-refractivity contribution < 1.29 is 19.1 Å². The maximum absolute atomic E-state index is 13.8. The first-order valence-corrected chi connectivity index (χ1v) is 12.5. The molecule has 2 aromatic rings. The SMILES string of the molecule is CC(C)C[C@H]1C(=O)N(C(C)c2ccc(F)cc2)C[C@H]2N1C(=O)CN(C)N2C(O)NCc1ccccc1. The third-order valence-electron chi connectivity index (χ3n) is 7.03. The Morgan fingerprint density at radius 1 is 1.06 bits per heavy atom. The number of halogens is 1. The Kier molecular flexibility index (Phi) is 8.04. The molecule has 2 fully saturated rings. The molecule has 2 heterocycles. The zero-order valence-electron chi connectivity index (χ0n) is 21.3. The largest absolute Gasteiger partial charge is 0.364 e. The van der Waals surface area contributed by atoms with Crippen molar-refractivity contribution in [3.63, 3.8) is 0 Å². The maximum Gasteiger partial charge on any atom is 0.246 e. The molecule has 0 spiro atoms. The van der Waals surface area contributed by atoms with Gasteiger partial charge < -0.3 is 14.9 Å². The van der Waals surface area contributed by atoms with Gasteiger partial charge in [0.25, 0.3) is 0 Å². The molecule has 0 aromatic heterocycles. The normalized spacial score (nSPS) is 23.2. The number of likely N-dealkylation sites (N-methyl/N-ethyl adjacent to an activating group) is 1. The molecule has 2 aromatic carbocycles. The van der Waals surface area contributed by atoms with E-state index in [-0.39, 0.29) is 42.7 Å². The Hall–Kier alpha value is -2.85. The highest BCUT2D eigenvalue weighted by Crippen LogP contribution is 2.33. The summed E-state index contributed by atoms with van der Waals surface area (Å²) in [5.41, 5.74) is 1.83. The van der Waals surface area contributed by atoms with E-state index in [1.807, 2.05) is 51.1 Å². The molecule has 4 atom stereocenters. The van der Waals surface area contributed by atoms with Crippen molar-refractivity contribution in [2.45, 2.75) is 58.3 Å². The number of benzene rings is 2. The summed E-state index contributed by atoms with van der Waals surface area (Å²) in [5.74, 6) is -0.413. The molecule has 0 saturated carbocycles. The molecule has 2 unspecified atom stereocenters. The van der Waals surface area contributed by atoms with Gasteiger partial charge in [0, 0.05) is 13.6 Å². The number of hydrogen-bond acceptors (Lipinski definition) is 6. The van der Waals surface area contributed by atoms with Crippen molar-refractivity contribution in [1.29, 1.82) is 0 Å². The first kappa shape index (κ1) is 26.2. The van der Waals surface area contributed by atoms with Crippen LogP contribution in [0.4, 0.5) is 4.39 Å². The molecule has 194 valence electrons. The van der Waals surface area contributed by atoms with Gasteiger partial charge in [-0.3, -0.25) is 14.9 Å². The first-order chi connectivity index (χ1) is 17.2. The van der Waals surface area contributed by atoms with Crippen LogP contribution < -0.4 is 5.32 Å². The van der Waals surface area contributed by atoms with Crippen molar-refractivity contribution in [1.82, 2.24) is 25.1 Å². The van der Waals surface area contributed by atoms with E-state index in [2.05, 4.69) is 5.32 Å². The molecule has 0 bridgehead atoms. The van der Waals surface area contributed by atoms with Gasteiger partial charge >= 0.3 is 0 Å². The molecule has 2 aliphatic heterocycles. The molecule has 2 aliphatic rings. The molecule has 0 aliphatic carbocycles. The lowest BCUT2D eigenvalue weighted by Gasteiger charge is -2.56. The third-order valence-corrected chi connectivity index (χ3v) is 7.03. The molecule has 2 amide bonds. The Balaban J connectivity index is 1.64. The van der Waals surface area contributed by atoms with E-state index in [0.717, 1.165) is 11.1 Å². The summed E-state index contributed by atoms with van der Waals surface area (Å²) in [6.07, 6.45) is -1.12. The van der Waals surface area contributed by atoms with Crippen LogP contribution in [0.25, 0.3) is 0 Å². The highest BCUT2D eigenvalue weighted by atomic mass is 19.1. The number of aliphatic hydroxyl groups excluding tert-OH is 1. The van der Waals surface area contributed by atoms with E-state index < -0.39 is 18.6 Å². The van der Waals surface area contributed by atoms with Gasteiger partial charge in [0.05, 0.1) is 19.1 Å². The Morgan fingerprint density at radius 3 is 2.36 bits per heavy atom. The van der Waals surface area contributed by atoms with Crippen molar-refractivity contribution in [3.05, 3.63) is 71.5 Å². The Labute approximate surface area is 212 Å². The summed E-state index contributed by atoms with van der Waals surface area (Å²) in [6.45, 7) is 6.69. The Morgan fingerprint density at radius 2 is 1.72 bits per heavy atom. The smallest absolute Gasteiger partial charge is 0.246 e. The fraction of sp³-hybridized carbons (Fsp3) is 0.481. The fourth-order valence-electron chi connectivity index (χ4n) is 5.19. The second-order valence-corrected chi connectivity index (χ2v) is 10.1. The van der Waals surface area contributed by atoms with Gasteiger partial charge in [-0.25, -0.2) is 9.40 Å². The number of nitrogens with zero attached hydrogens (tertiary/aromatic N) is 4. The molecule has 0 radical (unpaired) electrons. The van der Waals surface area contributed by atoms with Crippen molar-refractivity contribution in [2.75, 3.05) is 20.1 Å². The summed E-state index contributed by atoms with van der Waals surface area (Å²) < 4.78 is 13.5. The third kappa shape index (κ3) is 5.44. The van der Waals surface area contributed by atoms with Crippen molar-refractivity contribution >= 4 is 11.8 Å². The topological polar surface area (TPSA) is 79.4 Å². The van der Waals surface area contributed by atoms with Crippen molar-refractivity contribution in [2.24, 2.45) is 5.92 Å². The van der Waals surface area contributed by atoms with Crippen LogP contribution in [0.3, 0.4) is 0 Å². The highest BCUT2D eigenvalue weighted by molar-refractivity contribution is 5.90. The minimum absolute atomic E-state index is 0.0654. The van der Waals surface area contributed by atoms with E-state index in [4.69, 9.17) is 0 Å². The molecular formula is C27H36FN5O3. The minimum atomic E-state index is -1.08. The van der Waals surface area contributed by atoms with Gasteiger partial charge in [0.2, 0.25) is 11.8 Å². The summed E-state index contributed by atoms with van der Waals surface area (Å²) in [7, 11) is 1.77. The number of piperazine rings is 1. The maximum atomic E-state index is 13.8. The van der Waals surface area contributed by atoms with Crippen LogP contribution in [-0.2, 0) is 16.1 Å². The van der Waals surface area contributed by atoms with Gasteiger partial charge in [-0.1, -0.05) is 56.3 Å². The van der Waals surface area contributed by atoms with Crippen LogP contribution in [0.1, 0.15) is 44.4 Å². The lowest BCUT2D eigenvalue weighted by atomic mass is 9.95. The van der Waals surface area contributed by atoms with Crippen LogP contribution >= 0.6 is 0 Å². The number of hydrogen-bond donors (Lipinski definition) is 2. The lowest BCUT2D eigenvalue weighted by molar-refractivity contribution is -0.242. The van der Waals surface area contributed by atoms with E-state index in [0.29, 0.717) is 13.0 Å². The van der Waals surface area contributed by atoms with E-state index >= 15 is 0 Å². The van der Waals surface area contributed by atoms with Crippen LogP contribution in [0.2, 0.25) is 0 Å². The number of hydrazine groups is 1. The average molecular weight is 498 g/mol. The molecule has 36 heavy (non-hydrogen) atoms. The number of amides is 2. The van der Waals surface area contributed by atoms with Gasteiger partial charge in [-0.15, -0.1) is 0 Å². The van der Waals surface area contributed by atoms with E-state index in [1.54, 1.807) is 39.0 Å². The number of aliphatic hydroxyl groups is 1. The second-order valence-electron chi connectivity index (χ2n) is 10.1. The molecule has 2 saturated heterocycles. The van der Waals surface area contributed by atoms with Gasteiger partial charge in [-0.2, -0.15) is 5.01 Å². The number of carbonyl (C=O) groups is 2. The van der Waals surface area contributed by atoms with Crippen LogP contribution in [-0.4, -0.2) is 75.4 Å². The zero-order chi connectivity index (χ0) is 26.0. The highest BCUT2D eigenvalue weighted by Gasteiger charge is 2.51. The van der Waals surface area contributed by atoms with Crippen molar-refractivity contribution in [3.8, 4) is 0 Å². The summed E-state index contributed by atoms with van der Waals surface area (Å²) in [4.78, 5) is 30.4. The molecule has 2 N–H and O–H groups in total. The van der Waals surface area contributed by atoms with Crippen LogP contribution in [0.15, 0.2) is 54.6 Å². The fourth-order valence-corrected chi connectivity index (χ4v) is 5.19. The molecule has 8 nitrogen and oxygen atoms in total. The Bertz CT molecular complexity index is 1050. The quantitative estimate of drug-likeness (QED) is 0.546. The minimum Gasteiger partial charge on any atom is -0.364 e. The number of nitrogens with one attached hydrogen (secondary N) is 1. The standard InChI is InChI=1S/C27H36FN5O3/c1-18(2)14-23-26(35)31(19(3)21-10-12-22(28)13-11-21)16-24-32(23)25(34)17-30(4)33(24)27(36)29-15-20-8-6-5-7-9-20/h5-13,18-19,23-24,27,29,36H,14-17H2,1-4H3/t19?,23-,24-,27?/m0/s1. The van der Waals surface area contributed by atoms with Crippen LogP contribution in [0.5, 0.6) is 0 Å². The first-order valence-electron chi connectivity index (χ1n) is 12.5. The summed E-state index contributed by atoms with van der Waals surface area (Å²) >= 11 is 0. The van der Waals surface area contributed by atoms with Gasteiger partial charge in [-0.05, 0) is 42.5 Å². The molecule has 4 rings (SSSR count). The second kappa shape index (κ2) is 11.0. The monoisotopic (exact) mass is 497 g/mol. The van der Waals surface area contributed by atoms with E-state index in [1.165, 1.54) is 12.1 Å². The number of rotatable bonds is 8. The zero-order valence-corrected chi connectivity index (χ0v) is 21.3. The van der Waals surface area contributed by atoms with E-state index in [9.17, 15) is 19.1 Å². The van der Waals surface area contributed by atoms with Crippen LogP contribution in [0, 0.1) is 11.7 Å². The summed E-state index contributed by atoms with van der Waals surface area (Å²) in [6, 6.07) is 14.9. The molecule has 9 heteroatoms.